The average molecular weight is 583 g/mol. The number of benzene rings is 2. The molecule has 0 saturated carbocycles. The van der Waals surface area contributed by atoms with Gasteiger partial charge >= 0.3 is 0 Å². The highest BCUT2D eigenvalue weighted by molar-refractivity contribution is 5.82. The predicted molar refractivity (Wildman–Crippen MR) is 167 cm³/mol. The molecule has 0 aliphatic heterocycles. The van der Waals surface area contributed by atoms with Gasteiger partial charge in [-0.05, 0) is 72.4 Å². The summed E-state index contributed by atoms with van der Waals surface area (Å²) in [5, 5.41) is 15.2. The van der Waals surface area contributed by atoms with Gasteiger partial charge in [-0.1, -0.05) is 45.9 Å². The van der Waals surface area contributed by atoms with Crippen LogP contribution in [0.3, 0.4) is 0 Å². The molecule has 2 aromatic carbocycles. The van der Waals surface area contributed by atoms with E-state index in [9.17, 15) is 9.90 Å². The number of carbonyl (C=O) groups is 1. The molecule has 4 atom stereocenters. The molecule has 232 valence electrons. The topological polar surface area (TPSA) is 116 Å². The van der Waals surface area contributed by atoms with Crippen molar-refractivity contribution < 1.29 is 28.5 Å². The fraction of sp³-hybridized carbons (Fsp3) is 0.559. The molecule has 1 amide bonds. The van der Waals surface area contributed by atoms with Gasteiger partial charge in [-0.25, -0.2) is 0 Å². The molecular formula is C34H50N2O6. The summed E-state index contributed by atoms with van der Waals surface area (Å²) in [4.78, 5) is 13.2. The average Bonchev–Trinajstić information content (AvgIpc) is 3.46. The van der Waals surface area contributed by atoms with Gasteiger partial charge in [0, 0.05) is 44.0 Å². The van der Waals surface area contributed by atoms with E-state index < -0.39 is 12.1 Å². The van der Waals surface area contributed by atoms with Gasteiger partial charge in [0.15, 0.2) is 11.5 Å². The zero-order valence-corrected chi connectivity index (χ0v) is 26.1. The number of hydrogen-bond donors (Lipinski definition) is 3. The fourth-order valence-electron chi connectivity index (χ4n) is 5.39. The van der Waals surface area contributed by atoms with Gasteiger partial charge in [0.05, 0.1) is 26.1 Å². The van der Waals surface area contributed by atoms with Crippen LogP contribution in [0, 0.1) is 23.7 Å². The van der Waals surface area contributed by atoms with Crippen molar-refractivity contribution in [3.8, 4) is 11.5 Å². The van der Waals surface area contributed by atoms with Crippen molar-refractivity contribution in [2.45, 2.75) is 72.1 Å². The zero-order chi connectivity index (χ0) is 30.6. The molecule has 3 aromatic rings. The number of nitrogens with two attached hydrogens (primary N) is 1. The molecule has 0 radical (unpaired) electrons. The Kier molecular flexibility index (Phi) is 13.2. The molecule has 0 unspecified atom stereocenters. The number of amides is 1. The van der Waals surface area contributed by atoms with Crippen molar-refractivity contribution in [2.75, 3.05) is 27.4 Å². The lowest BCUT2D eigenvalue weighted by Crippen LogP contribution is -2.42. The van der Waals surface area contributed by atoms with Gasteiger partial charge in [-0.15, -0.1) is 0 Å². The number of fused-ring (bicyclic) bond motifs is 1. The second-order valence-electron chi connectivity index (χ2n) is 11.9. The standard InChI is InChI=1S/C34H50N2O6/c1-22(2)26(17-24-11-12-32(40-6)33(18-24)41-15-8-14-39-5)19-29(35)30(37)20-28(23(3)4)34(38)36-21-25-9-7-10-31-27(25)13-16-42-31/h7,9-13,16,18,22-23,26,28-30,37H,8,14-15,17,19-21,35H2,1-6H3,(H,36,38)/t26-,28-,29-,30-/m0/s1. The van der Waals surface area contributed by atoms with E-state index in [2.05, 4.69) is 25.2 Å². The normalized spacial score (nSPS) is 14.6. The van der Waals surface area contributed by atoms with Gasteiger partial charge in [0.1, 0.15) is 5.58 Å². The van der Waals surface area contributed by atoms with Crippen LogP contribution in [-0.4, -0.2) is 50.6 Å². The van der Waals surface area contributed by atoms with E-state index in [1.54, 1.807) is 20.5 Å². The number of hydrogen-bond acceptors (Lipinski definition) is 7. The summed E-state index contributed by atoms with van der Waals surface area (Å²) in [7, 11) is 3.32. The van der Waals surface area contributed by atoms with Crippen LogP contribution >= 0.6 is 0 Å². The van der Waals surface area contributed by atoms with E-state index in [1.165, 1.54) is 0 Å². The Labute approximate surface area is 250 Å². The van der Waals surface area contributed by atoms with Crippen molar-refractivity contribution in [3.63, 3.8) is 0 Å². The molecule has 0 aliphatic carbocycles. The molecule has 4 N–H and O–H groups in total. The second kappa shape index (κ2) is 16.5. The Morgan fingerprint density at radius 2 is 1.79 bits per heavy atom. The predicted octanol–water partition coefficient (Wildman–Crippen LogP) is 5.73. The van der Waals surface area contributed by atoms with E-state index in [0.717, 1.165) is 34.9 Å². The third-order valence-corrected chi connectivity index (χ3v) is 8.16. The third kappa shape index (κ3) is 9.48. The van der Waals surface area contributed by atoms with E-state index in [-0.39, 0.29) is 23.7 Å². The largest absolute Gasteiger partial charge is 0.493 e. The first-order valence-corrected chi connectivity index (χ1v) is 15.1. The van der Waals surface area contributed by atoms with E-state index in [0.29, 0.717) is 50.0 Å². The third-order valence-electron chi connectivity index (χ3n) is 8.16. The first-order chi connectivity index (χ1) is 20.1. The number of methoxy groups -OCH3 is 2. The summed E-state index contributed by atoms with van der Waals surface area (Å²) >= 11 is 0. The Morgan fingerprint density at radius 3 is 2.48 bits per heavy atom. The number of carbonyl (C=O) groups excluding carboxylic acids is 1. The number of rotatable bonds is 18. The molecule has 8 heteroatoms. The van der Waals surface area contributed by atoms with Crippen LogP contribution in [-0.2, 0) is 22.5 Å². The molecule has 0 saturated heterocycles. The molecule has 0 aliphatic rings. The van der Waals surface area contributed by atoms with Crippen molar-refractivity contribution in [1.29, 1.82) is 0 Å². The molecule has 8 nitrogen and oxygen atoms in total. The van der Waals surface area contributed by atoms with E-state index in [4.69, 9.17) is 24.4 Å². The molecule has 0 spiro atoms. The second-order valence-corrected chi connectivity index (χ2v) is 11.9. The Balaban J connectivity index is 1.60. The lowest BCUT2D eigenvalue weighted by molar-refractivity contribution is -0.127. The fourth-order valence-corrected chi connectivity index (χ4v) is 5.39. The van der Waals surface area contributed by atoms with Crippen molar-refractivity contribution in [1.82, 2.24) is 5.32 Å². The van der Waals surface area contributed by atoms with Gasteiger partial charge in [-0.2, -0.15) is 0 Å². The van der Waals surface area contributed by atoms with E-state index >= 15 is 0 Å². The van der Waals surface area contributed by atoms with Crippen molar-refractivity contribution in [2.24, 2.45) is 29.4 Å². The zero-order valence-electron chi connectivity index (χ0n) is 26.1. The van der Waals surface area contributed by atoms with Gasteiger partial charge in [-0.3, -0.25) is 4.79 Å². The molecule has 42 heavy (non-hydrogen) atoms. The highest BCUT2D eigenvalue weighted by atomic mass is 16.5. The number of aliphatic hydroxyl groups excluding tert-OH is 1. The first kappa shape index (κ1) is 33.4. The molecule has 0 bridgehead atoms. The smallest absolute Gasteiger partial charge is 0.223 e. The Bertz CT molecular complexity index is 1240. The molecule has 0 fully saturated rings. The van der Waals surface area contributed by atoms with Crippen LogP contribution in [0.5, 0.6) is 11.5 Å². The highest BCUT2D eigenvalue weighted by Gasteiger charge is 2.30. The summed E-state index contributed by atoms with van der Waals surface area (Å²) in [5.41, 5.74) is 9.52. The quantitative estimate of drug-likeness (QED) is 0.164. The van der Waals surface area contributed by atoms with Crippen LogP contribution < -0.4 is 20.5 Å². The monoisotopic (exact) mass is 582 g/mol. The first-order valence-electron chi connectivity index (χ1n) is 15.1. The van der Waals surface area contributed by atoms with Gasteiger partial charge in [0.25, 0.3) is 0 Å². The van der Waals surface area contributed by atoms with Crippen molar-refractivity contribution in [3.05, 3.63) is 59.9 Å². The Hall–Kier alpha value is -3.07. The minimum absolute atomic E-state index is 0.0547. The van der Waals surface area contributed by atoms with Gasteiger partial charge < -0.3 is 34.8 Å². The van der Waals surface area contributed by atoms with Crippen LogP contribution in [0.4, 0.5) is 0 Å². The maximum Gasteiger partial charge on any atom is 0.223 e. The molecule has 3 rings (SSSR count). The SMILES string of the molecule is COCCCOc1cc(C[C@@H](C[C@H](N)[C@@H](O)C[C@H](C(=O)NCc2cccc3occc23)C(C)C)C(C)C)ccc1OC. The number of aliphatic hydroxyl groups is 1. The molecule has 1 heterocycles. The summed E-state index contributed by atoms with van der Waals surface area (Å²) in [6.45, 7) is 9.96. The molecular weight excluding hydrogens is 532 g/mol. The lowest BCUT2D eigenvalue weighted by Gasteiger charge is -2.30. The number of nitrogens with one attached hydrogen (secondary N) is 1. The maximum absolute atomic E-state index is 13.2. The van der Waals surface area contributed by atoms with Crippen LogP contribution in [0.1, 0.15) is 58.1 Å². The summed E-state index contributed by atoms with van der Waals surface area (Å²) in [6.07, 6.45) is 3.40. The van der Waals surface area contributed by atoms with Crippen molar-refractivity contribution >= 4 is 16.9 Å². The minimum atomic E-state index is -0.794. The summed E-state index contributed by atoms with van der Waals surface area (Å²) < 4.78 is 22.1. The molecule has 1 aromatic heterocycles. The van der Waals surface area contributed by atoms with Gasteiger partial charge in [0.2, 0.25) is 5.91 Å². The summed E-state index contributed by atoms with van der Waals surface area (Å²) in [6, 6.07) is 13.3. The number of furan rings is 1. The van der Waals surface area contributed by atoms with E-state index in [1.807, 2.05) is 50.2 Å². The summed E-state index contributed by atoms with van der Waals surface area (Å²) in [5.74, 6) is 1.63. The van der Waals surface area contributed by atoms with Crippen LogP contribution in [0.2, 0.25) is 0 Å². The van der Waals surface area contributed by atoms with Crippen LogP contribution in [0.25, 0.3) is 11.0 Å². The lowest BCUT2D eigenvalue weighted by atomic mass is 9.81. The minimum Gasteiger partial charge on any atom is -0.493 e. The maximum atomic E-state index is 13.2. The number of ether oxygens (including phenoxy) is 3. The van der Waals surface area contributed by atoms with Crippen LogP contribution in [0.15, 0.2) is 53.1 Å². The highest BCUT2D eigenvalue weighted by Crippen LogP contribution is 2.32. The Morgan fingerprint density at radius 1 is 1.00 bits per heavy atom.